The minimum atomic E-state index is 0.767. The van der Waals surface area contributed by atoms with Crippen LogP contribution in [-0.2, 0) is 0 Å². The van der Waals surface area contributed by atoms with Crippen LogP contribution in [0.4, 0.5) is 17.1 Å². The van der Waals surface area contributed by atoms with Gasteiger partial charge in [-0.25, -0.2) is 0 Å². The predicted octanol–water partition coefficient (Wildman–Crippen LogP) is 15.4. The monoisotopic (exact) mass is 742 g/mol. The highest BCUT2D eigenvalue weighted by molar-refractivity contribution is 6.24. The third-order valence-electron chi connectivity index (χ3n) is 11.5. The molecule has 4 heteroatoms. The van der Waals surface area contributed by atoms with E-state index < -0.39 is 0 Å². The molecular weight excluding hydrogens is 709 g/mol. The predicted molar refractivity (Wildman–Crippen MR) is 241 cm³/mol. The summed E-state index contributed by atoms with van der Waals surface area (Å²) in [4.78, 5) is 2.39. The van der Waals surface area contributed by atoms with E-state index in [-0.39, 0.29) is 0 Å². The van der Waals surface area contributed by atoms with E-state index in [1.54, 1.807) is 0 Å². The molecule has 0 bridgehead atoms. The van der Waals surface area contributed by atoms with Gasteiger partial charge in [0.15, 0.2) is 11.2 Å². The van der Waals surface area contributed by atoms with E-state index in [2.05, 4.69) is 191 Å². The number of hydrogen-bond acceptors (Lipinski definition) is 3. The zero-order valence-electron chi connectivity index (χ0n) is 31.3. The Morgan fingerprint density at radius 2 is 0.914 bits per heavy atom. The smallest absolute Gasteiger partial charge is 0.179 e. The van der Waals surface area contributed by atoms with Crippen LogP contribution in [0.1, 0.15) is 0 Å². The lowest BCUT2D eigenvalue weighted by Gasteiger charge is -2.27. The van der Waals surface area contributed by atoms with Crippen LogP contribution in [0.25, 0.3) is 93.6 Å². The van der Waals surface area contributed by atoms with Crippen LogP contribution in [0, 0.1) is 0 Å². The standard InChI is InChI=1S/C54H34N2O2/c1-3-15-35(16-4-1)36-17-13-21-39(31-36)55(41-29-30-49-46(33-41)42-23-7-10-26-48(42)56(49)38-19-5-2-6-20-38)40-22-14-18-37(32-40)45-34-47-43-24-8-11-27-50(43)57-53(47)54-52(45)44-25-9-12-28-51(44)58-54/h1-34H. The molecule has 0 spiro atoms. The highest BCUT2D eigenvalue weighted by Gasteiger charge is 2.22. The fourth-order valence-corrected chi connectivity index (χ4v) is 8.96. The van der Waals surface area contributed by atoms with Crippen molar-refractivity contribution in [1.29, 1.82) is 0 Å². The van der Waals surface area contributed by atoms with Gasteiger partial charge in [0.25, 0.3) is 0 Å². The summed E-state index contributed by atoms with van der Waals surface area (Å²) >= 11 is 0. The Hall–Kier alpha value is -7.82. The number of aromatic nitrogens is 1. The Bertz CT molecular complexity index is 3520. The van der Waals surface area contributed by atoms with Crippen LogP contribution < -0.4 is 4.90 Å². The van der Waals surface area contributed by atoms with Crippen molar-refractivity contribution in [3.05, 3.63) is 206 Å². The molecule has 0 aliphatic rings. The number of fused-ring (bicyclic) bond motifs is 10. The Balaban J connectivity index is 1.11. The molecule has 0 N–H and O–H groups in total. The maximum atomic E-state index is 6.63. The van der Waals surface area contributed by atoms with E-state index in [1.165, 1.54) is 21.9 Å². The van der Waals surface area contributed by atoms with Crippen molar-refractivity contribution in [2.75, 3.05) is 4.90 Å². The van der Waals surface area contributed by atoms with Crippen LogP contribution in [0.15, 0.2) is 215 Å². The van der Waals surface area contributed by atoms with Gasteiger partial charge in [0, 0.05) is 55.1 Å². The molecule has 0 aliphatic carbocycles. The normalized spacial score (nSPS) is 11.8. The van der Waals surface area contributed by atoms with Gasteiger partial charge in [-0.3, -0.25) is 0 Å². The van der Waals surface area contributed by atoms with Gasteiger partial charge in [-0.2, -0.15) is 0 Å². The Kier molecular flexibility index (Phi) is 7.20. The van der Waals surface area contributed by atoms with E-state index in [1.807, 2.05) is 24.3 Å². The summed E-state index contributed by atoms with van der Waals surface area (Å²) in [6.07, 6.45) is 0. The lowest BCUT2D eigenvalue weighted by atomic mass is 9.96. The maximum Gasteiger partial charge on any atom is 0.179 e. The molecule has 4 nitrogen and oxygen atoms in total. The van der Waals surface area contributed by atoms with Gasteiger partial charge in [0.1, 0.15) is 11.2 Å². The lowest BCUT2D eigenvalue weighted by molar-refractivity contribution is 0.633. The first kappa shape index (κ1) is 32.4. The average molecular weight is 743 g/mol. The van der Waals surface area contributed by atoms with Crippen molar-refractivity contribution in [2.24, 2.45) is 0 Å². The molecule has 9 aromatic carbocycles. The SMILES string of the molecule is c1ccc(-c2cccc(N(c3cccc(-c4cc5c6ccccc6oc5c5oc6ccccc6c45)c3)c3ccc4c(c3)c3ccccc3n4-c3ccccc3)c2)cc1. The Labute approximate surface area is 334 Å². The minimum Gasteiger partial charge on any atom is -0.452 e. The molecule has 3 aromatic heterocycles. The van der Waals surface area contributed by atoms with Gasteiger partial charge in [0.2, 0.25) is 0 Å². The summed E-state index contributed by atoms with van der Waals surface area (Å²) in [5, 5.41) is 6.63. The molecule has 0 amide bonds. The number of nitrogens with zero attached hydrogens (tertiary/aromatic N) is 2. The molecule has 0 atom stereocenters. The zero-order chi connectivity index (χ0) is 38.2. The highest BCUT2D eigenvalue weighted by atomic mass is 16.4. The second-order valence-corrected chi connectivity index (χ2v) is 14.9. The number of rotatable bonds is 6. The summed E-state index contributed by atoms with van der Waals surface area (Å²) in [6, 6.07) is 73.4. The molecule has 12 rings (SSSR count). The van der Waals surface area contributed by atoms with E-state index in [0.717, 1.165) is 88.8 Å². The summed E-state index contributed by atoms with van der Waals surface area (Å²) < 4.78 is 15.5. The molecule has 0 radical (unpaired) electrons. The number of anilines is 3. The second-order valence-electron chi connectivity index (χ2n) is 14.9. The third-order valence-corrected chi connectivity index (χ3v) is 11.5. The van der Waals surface area contributed by atoms with Crippen LogP contribution >= 0.6 is 0 Å². The van der Waals surface area contributed by atoms with Crippen molar-refractivity contribution < 1.29 is 8.83 Å². The van der Waals surface area contributed by atoms with Crippen LogP contribution in [-0.4, -0.2) is 4.57 Å². The van der Waals surface area contributed by atoms with E-state index in [0.29, 0.717) is 0 Å². The van der Waals surface area contributed by atoms with E-state index >= 15 is 0 Å². The van der Waals surface area contributed by atoms with Crippen molar-refractivity contribution in [2.45, 2.75) is 0 Å². The van der Waals surface area contributed by atoms with Crippen LogP contribution in [0.5, 0.6) is 0 Å². The lowest BCUT2D eigenvalue weighted by Crippen LogP contribution is -2.10. The molecule has 12 aromatic rings. The number of furan rings is 2. The molecule has 272 valence electrons. The Morgan fingerprint density at radius 1 is 0.345 bits per heavy atom. The molecule has 0 unspecified atom stereocenters. The fourth-order valence-electron chi connectivity index (χ4n) is 8.96. The number of para-hydroxylation sites is 4. The molecule has 0 saturated carbocycles. The number of benzene rings is 9. The second kappa shape index (κ2) is 12.9. The summed E-state index contributed by atoms with van der Waals surface area (Å²) in [7, 11) is 0. The quantitative estimate of drug-likeness (QED) is 0.170. The molecule has 0 aliphatic heterocycles. The van der Waals surface area contributed by atoms with Crippen molar-refractivity contribution in [1.82, 2.24) is 4.57 Å². The topological polar surface area (TPSA) is 34.5 Å². The molecule has 3 heterocycles. The van der Waals surface area contributed by atoms with Gasteiger partial charge in [0.05, 0.1) is 11.0 Å². The largest absolute Gasteiger partial charge is 0.452 e. The van der Waals surface area contributed by atoms with Crippen LogP contribution in [0.3, 0.4) is 0 Å². The first-order valence-electron chi connectivity index (χ1n) is 19.7. The first-order valence-corrected chi connectivity index (χ1v) is 19.7. The van der Waals surface area contributed by atoms with Crippen molar-refractivity contribution in [3.8, 4) is 27.9 Å². The third kappa shape index (κ3) is 5.02. The molecule has 0 fully saturated rings. The average Bonchev–Trinajstić information content (AvgIpc) is 3.97. The van der Waals surface area contributed by atoms with Gasteiger partial charge in [-0.05, 0) is 101 Å². The summed E-state index contributed by atoms with van der Waals surface area (Å²) in [5.74, 6) is 0. The summed E-state index contributed by atoms with van der Waals surface area (Å²) in [6.45, 7) is 0. The first-order chi connectivity index (χ1) is 28.8. The van der Waals surface area contributed by atoms with Gasteiger partial charge >= 0.3 is 0 Å². The van der Waals surface area contributed by atoms with Crippen molar-refractivity contribution >= 4 is 82.7 Å². The van der Waals surface area contributed by atoms with E-state index in [4.69, 9.17) is 8.83 Å². The molecular formula is C54H34N2O2. The fraction of sp³-hybridized carbons (Fsp3) is 0. The number of hydrogen-bond donors (Lipinski definition) is 0. The van der Waals surface area contributed by atoms with Crippen LogP contribution in [0.2, 0.25) is 0 Å². The zero-order valence-corrected chi connectivity index (χ0v) is 31.3. The van der Waals surface area contributed by atoms with E-state index in [9.17, 15) is 0 Å². The summed E-state index contributed by atoms with van der Waals surface area (Å²) in [5.41, 5.74) is 14.4. The molecule has 0 saturated heterocycles. The minimum absolute atomic E-state index is 0.767. The highest BCUT2D eigenvalue weighted by Crippen LogP contribution is 2.46. The van der Waals surface area contributed by atoms with Gasteiger partial charge in [-0.15, -0.1) is 0 Å². The maximum absolute atomic E-state index is 6.63. The molecule has 58 heavy (non-hydrogen) atoms. The van der Waals surface area contributed by atoms with Crippen molar-refractivity contribution in [3.63, 3.8) is 0 Å². The van der Waals surface area contributed by atoms with Gasteiger partial charge in [-0.1, -0.05) is 127 Å². The van der Waals surface area contributed by atoms with Gasteiger partial charge < -0.3 is 18.3 Å². The Morgan fingerprint density at radius 3 is 1.71 bits per heavy atom.